The molecular formula is C49H32N4O. The minimum atomic E-state index is 0.247. The normalized spacial score (nSPS) is 15.9. The summed E-state index contributed by atoms with van der Waals surface area (Å²) in [4.78, 5) is 15.3. The van der Waals surface area contributed by atoms with Crippen LogP contribution >= 0.6 is 0 Å². The quantitative estimate of drug-likeness (QED) is 0.180. The smallest absolute Gasteiger partial charge is 0.164 e. The highest BCUT2D eigenvalue weighted by atomic mass is 16.3. The number of allylic oxidation sites excluding steroid dienone is 5. The fraction of sp³-hybridized carbons (Fsp3) is 0.0408. The van der Waals surface area contributed by atoms with Crippen molar-refractivity contribution in [1.29, 1.82) is 0 Å². The van der Waals surface area contributed by atoms with E-state index in [4.69, 9.17) is 19.4 Å². The van der Waals surface area contributed by atoms with Gasteiger partial charge in [0.05, 0.1) is 5.52 Å². The molecule has 0 saturated carbocycles. The maximum absolute atomic E-state index is 6.55. The van der Waals surface area contributed by atoms with Gasteiger partial charge in [0, 0.05) is 61.6 Å². The van der Waals surface area contributed by atoms with Crippen LogP contribution in [-0.4, -0.2) is 19.5 Å². The van der Waals surface area contributed by atoms with Gasteiger partial charge in [-0.2, -0.15) is 0 Å². The van der Waals surface area contributed by atoms with E-state index in [9.17, 15) is 0 Å². The summed E-state index contributed by atoms with van der Waals surface area (Å²) < 4.78 is 8.99. The average molecular weight is 693 g/mol. The summed E-state index contributed by atoms with van der Waals surface area (Å²) in [5, 5.41) is 3.25. The Hall–Kier alpha value is -7.11. The van der Waals surface area contributed by atoms with Crippen molar-refractivity contribution < 1.29 is 4.42 Å². The molecule has 9 aromatic rings. The molecule has 0 aliphatic heterocycles. The lowest BCUT2D eigenvalue weighted by atomic mass is 9.80. The lowest BCUT2D eigenvalue weighted by Gasteiger charge is -2.27. The van der Waals surface area contributed by atoms with E-state index in [1.54, 1.807) is 0 Å². The highest BCUT2D eigenvalue weighted by Crippen LogP contribution is 2.45. The molecule has 54 heavy (non-hydrogen) atoms. The van der Waals surface area contributed by atoms with E-state index < -0.39 is 0 Å². The second kappa shape index (κ2) is 12.2. The molecule has 0 N–H and O–H groups in total. The van der Waals surface area contributed by atoms with E-state index >= 15 is 0 Å². The summed E-state index contributed by atoms with van der Waals surface area (Å²) in [6.07, 6.45) is 13.6. The number of hydrogen-bond donors (Lipinski definition) is 0. The van der Waals surface area contributed by atoms with Gasteiger partial charge in [0.2, 0.25) is 0 Å². The van der Waals surface area contributed by atoms with Crippen LogP contribution in [0.2, 0.25) is 0 Å². The van der Waals surface area contributed by atoms with Crippen molar-refractivity contribution in [2.45, 2.75) is 5.92 Å². The van der Waals surface area contributed by atoms with Gasteiger partial charge in [-0.3, -0.25) is 0 Å². The Morgan fingerprint density at radius 1 is 0.500 bits per heavy atom. The Bertz CT molecular complexity index is 2990. The zero-order valence-corrected chi connectivity index (χ0v) is 29.2. The lowest BCUT2D eigenvalue weighted by Crippen LogP contribution is -2.16. The van der Waals surface area contributed by atoms with Gasteiger partial charge in [-0.05, 0) is 41.5 Å². The molecular weight excluding hydrogens is 661 g/mol. The van der Waals surface area contributed by atoms with Crippen molar-refractivity contribution in [3.63, 3.8) is 0 Å². The molecule has 0 bridgehead atoms. The van der Waals surface area contributed by atoms with Gasteiger partial charge in [-0.15, -0.1) is 0 Å². The van der Waals surface area contributed by atoms with Crippen LogP contribution in [0.3, 0.4) is 0 Å². The lowest BCUT2D eigenvalue weighted by molar-refractivity contribution is 0.660. The van der Waals surface area contributed by atoms with E-state index in [1.165, 1.54) is 27.7 Å². The molecule has 0 spiro atoms. The summed E-state index contributed by atoms with van der Waals surface area (Å²) >= 11 is 0. The molecule has 2 aliphatic carbocycles. The van der Waals surface area contributed by atoms with E-state index in [-0.39, 0.29) is 5.92 Å². The number of benzene rings is 6. The topological polar surface area (TPSA) is 56.7 Å². The van der Waals surface area contributed by atoms with Crippen LogP contribution in [0.4, 0.5) is 0 Å². The van der Waals surface area contributed by atoms with Crippen molar-refractivity contribution in [2.24, 2.45) is 5.92 Å². The molecule has 0 saturated heterocycles. The summed E-state index contributed by atoms with van der Waals surface area (Å²) in [6, 6.07) is 50.4. The van der Waals surface area contributed by atoms with E-state index in [1.807, 2.05) is 48.5 Å². The number of aromatic nitrogens is 4. The molecule has 254 valence electrons. The third-order valence-electron chi connectivity index (χ3n) is 10.8. The summed E-state index contributed by atoms with van der Waals surface area (Å²) in [7, 11) is 0. The Kier molecular flexibility index (Phi) is 6.92. The van der Waals surface area contributed by atoms with Crippen molar-refractivity contribution in [3.05, 3.63) is 187 Å². The number of para-hydroxylation sites is 1. The number of nitrogens with zero attached hydrogens (tertiary/aromatic N) is 4. The van der Waals surface area contributed by atoms with Crippen LogP contribution in [0.5, 0.6) is 0 Å². The predicted octanol–water partition coefficient (Wildman–Crippen LogP) is 12.2. The van der Waals surface area contributed by atoms with Gasteiger partial charge < -0.3 is 8.98 Å². The van der Waals surface area contributed by atoms with Crippen molar-refractivity contribution in [1.82, 2.24) is 19.5 Å². The van der Waals surface area contributed by atoms with E-state index in [2.05, 4.69) is 138 Å². The molecule has 5 nitrogen and oxygen atoms in total. The second-order valence-corrected chi connectivity index (χ2v) is 14.0. The third kappa shape index (κ3) is 4.90. The Morgan fingerprint density at radius 3 is 1.98 bits per heavy atom. The molecule has 2 aliphatic rings. The van der Waals surface area contributed by atoms with E-state index in [0.29, 0.717) is 23.4 Å². The molecule has 3 aromatic heterocycles. The SMILES string of the molecule is C1=CC2C=Cc3c(n(-c4ccc5oc6cccc(-c7nc(-c8ccccc8)nc(-c8ccc(-c9ccccc9)cc8)n7)c6c5c4)c4ccccc34)C2C=C1. The van der Waals surface area contributed by atoms with E-state index in [0.717, 1.165) is 49.9 Å². The zero-order valence-electron chi connectivity index (χ0n) is 29.2. The van der Waals surface area contributed by atoms with Crippen LogP contribution in [0, 0.1) is 5.92 Å². The summed E-state index contributed by atoms with van der Waals surface area (Å²) in [5.74, 6) is 2.40. The molecule has 5 heteroatoms. The molecule has 3 heterocycles. The van der Waals surface area contributed by atoms with Crippen LogP contribution in [-0.2, 0) is 0 Å². The maximum Gasteiger partial charge on any atom is 0.164 e. The average Bonchev–Trinajstić information content (AvgIpc) is 3.80. The fourth-order valence-corrected chi connectivity index (χ4v) is 8.28. The fourth-order valence-electron chi connectivity index (χ4n) is 8.28. The monoisotopic (exact) mass is 692 g/mol. The highest BCUT2D eigenvalue weighted by Gasteiger charge is 2.30. The first-order valence-electron chi connectivity index (χ1n) is 18.4. The molecule has 2 unspecified atom stereocenters. The first-order valence-corrected chi connectivity index (χ1v) is 18.4. The van der Waals surface area contributed by atoms with Crippen LogP contribution < -0.4 is 0 Å². The molecule has 0 radical (unpaired) electrons. The first-order chi connectivity index (χ1) is 26.8. The number of hydrogen-bond acceptors (Lipinski definition) is 4. The molecule has 11 rings (SSSR count). The minimum absolute atomic E-state index is 0.247. The van der Waals surface area contributed by atoms with Gasteiger partial charge in [0.15, 0.2) is 17.5 Å². The van der Waals surface area contributed by atoms with Gasteiger partial charge in [-0.1, -0.05) is 152 Å². The molecule has 6 aromatic carbocycles. The summed E-state index contributed by atoms with van der Waals surface area (Å²) in [6.45, 7) is 0. The standard InChI is InChI=1S/C49H32N4O/c1-3-12-31(13-4-1)32-22-24-35(25-23-32)48-50-47(34-15-5-2-6-16-34)51-49(52-48)40-19-11-21-44-45(40)41-30-36(27-29-43(41)54-44)53-42-20-10-9-18-38(42)39-28-26-33-14-7-8-17-37(33)46(39)53/h1-30,33,37H. The van der Waals surface area contributed by atoms with Gasteiger partial charge >= 0.3 is 0 Å². The van der Waals surface area contributed by atoms with Crippen LogP contribution in [0.15, 0.2) is 180 Å². The number of rotatable bonds is 5. The Labute approximate surface area is 311 Å². The van der Waals surface area contributed by atoms with Gasteiger partial charge in [0.25, 0.3) is 0 Å². The predicted molar refractivity (Wildman–Crippen MR) is 219 cm³/mol. The Balaban J connectivity index is 1.11. The summed E-state index contributed by atoms with van der Waals surface area (Å²) in [5.41, 5.74) is 11.5. The first kappa shape index (κ1) is 30.5. The largest absolute Gasteiger partial charge is 0.456 e. The molecule has 0 fully saturated rings. The molecule has 0 amide bonds. The molecule has 2 atom stereocenters. The zero-order chi connectivity index (χ0) is 35.6. The van der Waals surface area contributed by atoms with Crippen LogP contribution in [0.25, 0.3) is 89.9 Å². The number of furan rings is 1. The highest BCUT2D eigenvalue weighted by molar-refractivity contribution is 6.12. The van der Waals surface area contributed by atoms with Gasteiger partial charge in [-0.25, -0.2) is 15.0 Å². The Morgan fingerprint density at radius 2 is 1.17 bits per heavy atom. The maximum atomic E-state index is 6.55. The third-order valence-corrected chi connectivity index (χ3v) is 10.8. The second-order valence-electron chi connectivity index (χ2n) is 14.0. The van der Waals surface area contributed by atoms with Gasteiger partial charge in [0.1, 0.15) is 11.2 Å². The minimum Gasteiger partial charge on any atom is -0.456 e. The van der Waals surface area contributed by atoms with Crippen molar-refractivity contribution in [3.8, 4) is 51.0 Å². The van der Waals surface area contributed by atoms with Crippen molar-refractivity contribution in [2.75, 3.05) is 0 Å². The number of fused-ring (bicyclic) bond motifs is 8. The van der Waals surface area contributed by atoms with Crippen LogP contribution in [0.1, 0.15) is 17.2 Å². The van der Waals surface area contributed by atoms with Crippen molar-refractivity contribution >= 4 is 38.9 Å².